The fourth-order valence-corrected chi connectivity index (χ4v) is 3.33. The zero-order valence-corrected chi connectivity index (χ0v) is 19.2. The van der Waals surface area contributed by atoms with E-state index in [1.165, 1.54) is 24.7 Å². The largest absolute Gasteiger partial charge is 0.497 e. The normalized spacial score (nSPS) is 11.8. The van der Waals surface area contributed by atoms with Gasteiger partial charge in [0, 0.05) is 23.4 Å². The van der Waals surface area contributed by atoms with E-state index in [0.29, 0.717) is 22.8 Å². The maximum atomic E-state index is 12.8. The summed E-state index contributed by atoms with van der Waals surface area (Å²) in [6.45, 7) is 5.21. The molecule has 174 valence electrons. The Morgan fingerprint density at radius 2 is 1.73 bits per heavy atom. The summed E-state index contributed by atoms with van der Waals surface area (Å²) in [6, 6.07) is 10.5. The van der Waals surface area contributed by atoms with Crippen molar-refractivity contribution >= 4 is 17.5 Å². The first kappa shape index (κ1) is 23.8. The highest BCUT2D eigenvalue weighted by atomic mass is 16.5. The number of aromatic nitrogens is 2. The summed E-state index contributed by atoms with van der Waals surface area (Å²) in [7, 11) is 2.97. The Bertz CT molecular complexity index is 1210. The summed E-state index contributed by atoms with van der Waals surface area (Å²) in [5, 5.41) is 2.71. The number of carbonyl (C=O) groups is 2. The second kappa shape index (κ2) is 10.2. The Kier molecular flexibility index (Phi) is 7.32. The van der Waals surface area contributed by atoms with Crippen LogP contribution in [0, 0.1) is 12.8 Å². The van der Waals surface area contributed by atoms with Crippen LogP contribution in [0.3, 0.4) is 0 Å². The molecule has 33 heavy (non-hydrogen) atoms. The van der Waals surface area contributed by atoms with Crippen molar-refractivity contribution < 1.29 is 23.8 Å². The molecule has 1 atom stereocenters. The van der Waals surface area contributed by atoms with E-state index in [1.807, 2.05) is 13.0 Å². The van der Waals surface area contributed by atoms with Crippen LogP contribution in [0.15, 0.2) is 47.3 Å². The molecule has 2 aromatic heterocycles. The summed E-state index contributed by atoms with van der Waals surface area (Å²) < 4.78 is 17.3. The number of rotatable bonds is 8. The zero-order valence-electron chi connectivity index (χ0n) is 19.2. The van der Waals surface area contributed by atoms with Crippen molar-refractivity contribution in [3.05, 3.63) is 69.8 Å². The Balaban J connectivity index is 1.74. The van der Waals surface area contributed by atoms with Crippen molar-refractivity contribution in [3.8, 4) is 11.5 Å². The average Bonchev–Trinajstić information content (AvgIpc) is 2.80. The first-order valence-corrected chi connectivity index (χ1v) is 10.4. The lowest BCUT2D eigenvalue weighted by molar-refractivity contribution is -0.148. The number of nitrogens with zero attached hydrogens (tertiary/aromatic N) is 2. The monoisotopic (exact) mass is 453 g/mol. The van der Waals surface area contributed by atoms with E-state index >= 15 is 0 Å². The molecule has 0 spiro atoms. The molecule has 3 rings (SSSR count). The number of esters is 1. The highest BCUT2D eigenvalue weighted by molar-refractivity contribution is 5.97. The van der Waals surface area contributed by atoms with Gasteiger partial charge in [-0.3, -0.25) is 14.0 Å². The topological polar surface area (TPSA) is 108 Å². The molecule has 1 N–H and O–H groups in total. The van der Waals surface area contributed by atoms with E-state index in [1.54, 1.807) is 44.2 Å². The van der Waals surface area contributed by atoms with Crippen LogP contribution in [0.1, 0.15) is 35.6 Å². The van der Waals surface area contributed by atoms with Crippen LogP contribution in [-0.4, -0.2) is 41.5 Å². The van der Waals surface area contributed by atoms with Crippen molar-refractivity contribution in [3.63, 3.8) is 0 Å². The van der Waals surface area contributed by atoms with Gasteiger partial charge in [-0.05, 0) is 37.1 Å². The van der Waals surface area contributed by atoms with E-state index < -0.39 is 17.9 Å². The molecule has 0 aliphatic carbocycles. The smallest absolute Gasteiger partial charge is 0.329 e. The van der Waals surface area contributed by atoms with Crippen LogP contribution in [0.25, 0.3) is 5.65 Å². The lowest BCUT2D eigenvalue weighted by Crippen LogP contribution is -2.45. The third kappa shape index (κ3) is 5.49. The van der Waals surface area contributed by atoms with E-state index in [0.717, 1.165) is 5.69 Å². The summed E-state index contributed by atoms with van der Waals surface area (Å²) in [6.07, 6.45) is 0. The van der Waals surface area contributed by atoms with Crippen molar-refractivity contribution in [2.45, 2.75) is 33.4 Å². The number of aryl methyl sites for hydroxylation is 1. The van der Waals surface area contributed by atoms with Gasteiger partial charge in [0.1, 0.15) is 29.8 Å². The second-order valence-corrected chi connectivity index (χ2v) is 7.85. The van der Waals surface area contributed by atoms with Gasteiger partial charge in [0.15, 0.2) is 0 Å². The van der Waals surface area contributed by atoms with E-state index in [9.17, 15) is 14.4 Å². The van der Waals surface area contributed by atoms with Gasteiger partial charge >= 0.3 is 5.97 Å². The van der Waals surface area contributed by atoms with Crippen LogP contribution in [0.2, 0.25) is 0 Å². The first-order chi connectivity index (χ1) is 15.7. The average molecular weight is 453 g/mol. The van der Waals surface area contributed by atoms with E-state index in [4.69, 9.17) is 14.2 Å². The maximum absolute atomic E-state index is 12.8. The predicted molar refractivity (Wildman–Crippen MR) is 122 cm³/mol. The number of hydrogen-bond acceptors (Lipinski definition) is 7. The number of pyridine rings is 1. The molecule has 3 aromatic rings. The number of carbonyl (C=O) groups excluding carboxylic acids is 2. The molecule has 0 bridgehead atoms. The number of nitrogens with one attached hydrogen (secondary N) is 1. The molecule has 0 saturated carbocycles. The number of fused-ring (bicyclic) bond motifs is 1. The summed E-state index contributed by atoms with van der Waals surface area (Å²) in [5.74, 6) is -0.439. The molecule has 2 heterocycles. The lowest BCUT2D eigenvalue weighted by Gasteiger charge is -2.21. The molecule has 9 nitrogen and oxygen atoms in total. The standard InChI is InChI=1S/C24H27N3O6/c1-14(2)22(26-23(29)16-9-18(31-4)12-19(10-16)32-5)24(30)33-13-17-11-21(28)27-15(3)7-6-8-20(27)25-17/h6-12,14,22H,13H2,1-5H3,(H,26,29)/t22-/m0/s1. The Morgan fingerprint density at radius 3 is 2.33 bits per heavy atom. The van der Waals surface area contributed by atoms with Gasteiger partial charge in [-0.1, -0.05) is 19.9 Å². The third-order valence-electron chi connectivity index (χ3n) is 5.12. The van der Waals surface area contributed by atoms with Gasteiger partial charge in [-0.15, -0.1) is 0 Å². The molecule has 0 fully saturated rings. The molecule has 1 aromatic carbocycles. The number of amides is 1. The SMILES string of the molecule is COc1cc(OC)cc(C(=O)N[C@H](C(=O)OCc2cc(=O)n3c(C)cccc3n2)C(C)C)c1. The van der Waals surface area contributed by atoms with Crippen LogP contribution in [-0.2, 0) is 16.1 Å². The Hall–Kier alpha value is -3.88. The maximum Gasteiger partial charge on any atom is 0.329 e. The molecular weight excluding hydrogens is 426 g/mol. The molecule has 0 radical (unpaired) electrons. The summed E-state index contributed by atoms with van der Waals surface area (Å²) in [5.41, 5.74) is 1.57. The third-order valence-corrected chi connectivity index (χ3v) is 5.12. The number of methoxy groups -OCH3 is 2. The minimum absolute atomic E-state index is 0.190. The minimum atomic E-state index is -0.904. The molecule has 9 heteroatoms. The fourth-order valence-electron chi connectivity index (χ4n) is 3.33. The lowest BCUT2D eigenvalue weighted by atomic mass is 10.0. The van der Waals surface area contributed by atoms with Gasteiger partial charge in [0.05, 0.1) is 19.9 Å². The molecule has 0 saturated heterocycles. The molecule has 0 aliphatic heterocycles. The van der Waals surface area contributed by atoms with E-state index in [-0.39, 0.29) is 23.6 Å². The van der Waals surface area contributed by atoms with Gasteiger partial charge in [0.25, 0.3) is 11.5 Å². The molecule has 0 aliphatic rings. The van der Waals surface area contributed by atoms with Gasteiger partial charge in [-0.25, -0.2) is 9.78 Å². The fraction of sp³-hybridized carbons (Fsp3) is 0.333. The van der Waals surface area contributed by atoms with Crippen LogP contribution >= 0.6 is 0 Å². The van der Waals surface area contributed by atoms with Gasteiger partial charge < -0.3 is 19.5 Å². The second-order valence-electron chi connectivity index (χ2n) is 7.85. The quantitative estimate of drug-likeness (QED) is 0.522. The van der Waals surface area contributed by atoms with Gasteiger partial charge in [0.2, 0.25) is 0 Å². The zero-order chi connectivity index (χ0) is 24.1. The number of benzene rings is 1. The Labute approximate surface area is 191 Å². The number of ether oxygens (including phenoxy) is 3. The highest BCUT2D eigenvalue weighted by Gasteiger charge is 2.27. The predicted octanol–water partition coefficient (Wildman–Crippen LogP) is 2.52. The first-order valence-electron chi connectivity index (χ1n) is 10.4. The summed E-state index contributed by atoms with van der Waals surface area (Å²) in [4.78, 5) is 42.4. The van der Waals surface area contributed by atoms with E-state index in [2.05, 4.69) is 10.3 Å². The van der Waals surface area contributed by atoms with Crippen molar-refractivity contribution in [1.29, 1.82) is 0 Å². The molecular formula is C24H27N3O6. The molecule has 1 amide bonds. The van der Waals surface area contributed by atoms with Crippen LogP contribution in [0.4, 0.5) is 0 Å². The highest BCUT2D eigenvalue weighted by Crippen LogP contribution is 2.22. The van der Waals surface area contributed by atoms with Gasteiger partial charge in [-0.2, -0.15) is 0 Å². The number of hydrogen-bond donors (Lipinski definition) is 1. The van der Waals surface area contributed by atoms with Crippen LogP contribution in [0.5, 0.6) is 11.5 Å². The minimum Gasteiger partial charge on any atom is -0.497 e. The van der Waals surface area contributed by atoms with Crippen molar-refractivity contribution in [2.75, 3.05) is 14.2 Å². The van der Waals surface area contributed by atoms with Crippen LogP contribution < -0.4 is 20.3 Å². The van der Waals surface area contributed by atoms with Crippen molar-refractivity contribution in [1.82, 2.24) is 14.7 Å². The summed E-state index contributed by atoms with van der Waals surface area (Å²) >= 11 is 0. The Morgan fingerprint density at radius 1 is 1.06 bits per heavy atom. The van der Waals surface area contributed by atoms with Crippen molar-refractivity contribution in [2.24, 2.45) is 5.92 Å². The molecule has 0 unspecified atom stereocenters.